The second-order valence-corrected chi connectivity index (χ2v) is 6.96. The van der Waals surface area contributed by atoms with Crippen molar-refractivity contribution in [2.75, 3.05) is 10.5 Å². The number of nitrogens with one attached hydrogen (secondary N) is 2. The molecule has 0 saturated carbocycles. The van der Waals surface area contributed by atoms with Crippen LogP contribution >= 0.6 is 23.2 Å². The van der Waals surface area contributed by atoms with Gasteiger partial charge in [0.2, 0.25) is 0 Å². The maximum Gasteiger partial charge on any atom is 0.264 e. The molecule has 9 heteroatoms. The number of hydrogen-bond acceptors (Lipinski definition) is 4. The van der Waals surface area contributed by atoms with E-state index >= 15 is 0 Å². The van der Waals surface area contributed by atoms with Gasteiger partial charge < -0.3 is 5.73 Å². The zero-order valence-corrected chi connectivity index (χ0v) is 13.3. The van der Waals surface area contributed by atoms with Gasteiger partial charge in [-0.15, -0.1) is 0 Å². The molecule has 1 heterocycles. The lowest BCUT2D eigenvalue weighted by molar-refractivity contribution is 0.601. The van der Waals surface area contributed by atoms with Crippen molar-refractivity contribution >= 4 is 55.6 Å². The molecule has 22 heavy (non-hydrogen) atoms. The fourth-order valence-corrected chi connectivity index (χ4v) is 4.24. The number of benzene rings is 2. The standard InChI is InChI=1S/C13H10Cl2N4O2S/c14-9-2-1-3-10(15)12(9)22(20,21)19-7-4-5-11-8(6-7)13(16)18-17-11/h1-6,19H,(H3,16,17,18). The van der Waals surface area contributed by atoms with Gasteiger partial charge in [-0.3, -0.25) is 9.82 Å². The van der Waals surface area contributed by atoms with Gasteiger partial charge in [-0.1, -0.05) is 29.3 Å². The van der Waals surface area contributed by atoms with Crippen LogP contribution in [0.3, 0.4) is 0 Å². The van der Waals surface area contributed by atoms with Crippen molar-refractivity contribution in [3.05, 3.63) is 46.4 Å². The Labute approximate surface area is 136 Å². The fourth-order valence-electron chi connectivity index (χ4n) is 2.04. The van der Waals surface area contributed by atoms with Crippen molar-refractivity contribution < 1.29 is 8.42 Å². The highest BCUT2D eigenvalue weighted by molar-refractivity contribution is 7.93. The molecule has 2 aromatic carbocycles. The van der Waals surface area contributed by atoms with E-state index in [9.17, 15) is 8.42 Å². The number of aromatic amines is 1. The van der Waals surface area contributed by atoms with Gasteiger partial charge in [0.05, 0.1) is 15.6 Å². The Kier molecular flexibility index (Phi) is 3.64. The molecule has 0 aliphatic carbocycles. The van der Waals surface area contributed by atoms with Gasteiger partial charge in [-0.25, -0.2) is 8.42 Å². The van der Waals surface area contributed by atoms with Crippen molar-refractivity contribution in [2.24, 2.45) is 0 Å². The second kappa shape index (κ2) is 5.35. The topological polar surface area (TPSA) is 101 Å². The second-order valence-electron chi connectivity index (χ2n) is 4.53. The van der Waals surface area contributed by atoms with Gasteiger partial charge >= 0.3 is 0 Å². The molecule has 1 aromatic heterocycles. The van der Waals surface area contributed by atoms with E-state index in [1.807, 2.05) is 0 Å². The summed E-state index contributed by atoms with van der Waals surface area (Å²) >= 11 is 11.9. The number of nitrogens with two attached hydrogens (primary N) is 1. The summed E-state index contributed by atoms with van der Waals surface area (Å²) in [6.45, 7) is 0. The summed E-state index contributed by atoms with van der Waals surface area (Å²) in [7, 11) is -3.92. The molecule has 0 aliphatic heterocycles. The molecule has 0 amide bonds. The first-order chi connectivity index (χ1) is 10.4. The average molecular weight is 357 g/mol. The van der Waals surface area contributed by atoms with E-state index in [1.165, 1.54) is 12.1 Å². The monoisotopic (exact) mass is 356 g/mol. The SMILES string of the molecule is Nc1n[nH]c2ccc(NS(=O)(=O)c3c(Cl)cccc3Cl)cc12. The summed E-state index contributed by atoms with van der Waals surface area (Å²) in [6.07, 6.45) is 0. The van der Waals surface area contributed by atoms with Gasteiger partial charge in [0.25, 0.3) is 10.0 Å². The molecular formula is C13H10Cl2N4O2S. The van der Waals surface area contributed by atoms with Gasteiger partial charge in [-0.2, -0.15) is 5.10 Å². The number of nitrogen functional groups attached to an aromatic ring is 1. The Morgan fingerprint density at radius 1 is 1.14 bits per heavy atom. The van der Waals surface area contributed by atoms with Crippen molar-refractivity contribution in [1.29, 1.82) is 0 Å². The van der Waals surface area contributed by atoms with Crippen LogP contribution in [-0.4, -0.2) is 18.6 Å². The highest BCUT2D eigenvalue weighted by Gasteiger charge is 2.21. The molecule has 6 nitrogen and oxygen atoms in total. The van der Waals surface area contributed by atoms with E-state index < -0.39 is 10.0 Å². The van der Waals surface area contributed by atoms with Crippen LogP contribution in [0.1, 0.15) is 0 Å². The molecule has 3 aromatic rings. The van der Waals surface area contributed by atoms with Crippen LogP contribution in [0.5, 0.6) is 0 Å². The zero-order chi connectivity index (χ0) is 15.9. The number of fused-ring (bicyclic) bond motifs is 1. The molecule has 4 N–H and O–H groups in total. The Morgan fingerprint density at radius 3 is 2.50 bits per heavy atom. The predicted molar refractivity (Wildman–Crippen MR) is 87.8 cm³/mol. The van der Waals surface area contributed by atoms with E-state index in [1.54, 1.807) is 24.3 Å². The summed E-state index contributed by atoms with van der Waals surface area (Å²) in [6, 6.07) is 9.32. The molecule has 0 saturated heterocycles. The fraction of sp³-hybridized carbons (Fsp3) is 0. The van der Waals surface area contributed by atoms with Crippen LogP contribution in [0, 0.1) is 0 Å². The minimum absolute atomic E-state index is 0.0453. The Hall–Kier alpha value is -1.96. The highest BCUT2D eigenvalue weighted by Crippen LogP contribution is 2.31. The normalized spacial score (nSPS) is 11.7. The third kappa shape index (κ3) is 2.58. The zero-order valence-electron chi connectivity index (χ0n) is 11.0. The maximum atomic E-state index is 12.5. The first kappa shape index (κ1) is 15.0. The van der Waals surface area contributed by atoms with Gasteiger partial charge in [0.15, 0.2) is 5.82 Å². The highest BCUT2D eigenvalue weighted by atomic mass is 35.5. The number of H-pyrrole nitrogens is 1. The van der Waals surface area contributed by atoms with Crippen LogP contribution in [0.15, 0.2) is 41.3 Å². The van der Waals surface area contributed by atoms with E-state index in [2.05, 4.69) is 14.9 Å². The number of rotatable bonds is 3. The first-order valence-electron chi connectivity index (χ1n) is 6.09. The van der Waals surface area contributed by atoms with Gasteiger partial charge in [-0.05, 0) is 30.3 Å². The Balaban J connectivity index is 2.04. The van der Waals surface area contributed by atoms with Crippen molar-refractivity contribution in [2.45, 2.75) is 4.90 Å². The molecule has 0 fully saturated rings. The molecular weight excluding hydrogens is 347 g/mol. The number of aromatic nitrogens is 2. The number of anilines is 2. The van der Waals surface area contributed by atoms with Crippen molar-refractivity contribution in [1.82, 2.24) is 10.2 Å². The lowest BCUT2D eigenvalue weighted by Crippen LogP contribution is -2.14. The largest absolute Gasteiger partial charge is 0.382 e. The Morgan fingerprint density at radius 2 is 1.82 bits per heavy atom. The van der Waals surface area contributed by atoms with Crippen molar-refractivity contribution in [3.63, 3.8) is 0 Å². The molecule has 0 radical (unpaired) electrons. The minimum atomic E-state index is -3.92. The summed E-state index contributed by atoms with van der Waals surface area (Å²) in [5.74, 6) is 0.284. The van der Waals surface area contributed by atoms with Gasteiger partial charge in [0.1, 0.15) is 4.90 Å². The lowest BCUT2D eigenvalue weighted by Gasteiger charge is -2.11. The van der Waals surface area contributed by atoms with Crippen LogP contribution in [-0.2, 0) is 10.0 Å². The van der Waals surface area contributed by atoms with Crippen LogP contribution in [0.4, 0.5) is 11.5 Å². The summed E-state index contributed by atoms with van der Waals surface area (Å²) in [4.78, 5) is -0.168. The van der Waals surface area contributed by atoms with Crippen LogP contribution < -0.4 is 10.5 Å². The number of hydrogen-bond donors (Lipinski definition) is 3. The third-order valence-corrected chi connectivity index (χ3v) is 5.37. The number of sulfonamides is 1. The predicted octanol–water partition coefficient (Wildman–Crippen LogP) is 3.25. The molecule has 3 rings (SSSR count). The maximum absolute atomic E-state index is 12.5. The Bertz CT molecular complexity index is 949. The van der Waals surface area contributed by atoms with Gasteiger partial charge in [0, 0.05) is 11.1 Å². The molecule has 0 atom stereocenters. The van der Waals surface area contributed by atoms with E-state index in [-0.39, 0.29) is 20.8 Å². The first-order valence-corrected chi connectivity index (χ1v) is 8.33. The minimum Gasteiger partial charge on any atom is -0.382 e. The summed E-state index contributed by atoms with van der Waals surface area (Å²) in [5, 5.41) is 7.29. The van der Waals surface area contributed by atoms with Crippen LogP contribution in [0.25, 0.3) is 10.9 Å². The van der Waals surface area contributed by atoms with E-state index in [0.29, 0.717) is 16.6 Å². The van der Waals surface area contributed by atoms with Crippen LogP contribution in [0.2, 0.25) is 10.0 Å². The molecule has 0 spiro atoms. The quantitative estimate of drug-likeness (QED) is 0.670. The summed E-state index contributed by atoms with van der Waals surface area (Å²) in [5.41, 5.74) is 6.74. The summed E-state index contributed by atoms with van der Waals surface area (Å²) < 4.78 is 27.4. The van der Waals surface area contributed by atoms with E-state index in [0.717, 1.165) is 0 Å². The number of nitrogens with zero attached hydrogens (tertiary/aromatic N) is 1. The van der Waals surface area contributed by atoms with E-state index in [4.69, 9.17) is 28.9 Å². The lowest BCUT2D eigenvalue weighted by atomic mass is 10.2. The number of halogens is 2. The third-order valence-electron chi connectivity index (χ3n) is 3.03. The molecule has 114 valence electrons. The van der Waals surface area contributed by atoms with Crippen molar-refractivity contribution in [3.8, 4) is 0 Å². The molecule has 0 bridgehead atoms. The average Bonchev–Trinajstić information content (AvgIpc) is 2.79. The smallest absolute Gasteiger partial charge is 0.264 e. The molecule has 0 unspecified atom stereocenters. The molecule has 0 aliphatic rings.